The van der Waals surface area contributed by atoms with E-state index in [2.05, 4.69) is 23.2 Å². The van der Waals surface area contributed by atoms with Gasteiger partial charge in [-0.05, 0) is 48.6 Å². The molecule has 1 aromatic carbocycles. The molecule has 0 amide bonds. The minimum atomic E-state index is 0.716. The molecule has 3 heteroatoms. The molecule has 0 spiro atoms. The van der Waals surface area contributed by atoms with Crippen LogP contribution in [-0.2, 0) is 12.8 Å². The van der Waals surface area contributed by atoms with Crippen LogP contribution < -0.4 is 5.73 Å². The van der Waals surface area contributed by atoms with E-state index < -0.39 is 0 Å². The second-order valence-corrected chi connectivity index (χ2v) is 5.11. The Balaban J connectivity index is 1.92. The molecule has 0 atom stereocenters. The third-order valence-corrected chi connectivity index (χ3v) is 3.94. The number of aromatic nitrogens is 2. The fraction of sp³-hybridized carbons (Fsp3) is 0.188. The Labute approximate surface area is 111 Å². The summed E-state index contributed by atoms with van der Waals surface area (Å²) < 4.78 is 1.93. The Morgan fingerprint density at radius 1 is 1.05 bits per heavy atom. The van der Waals surface area contributed by atoms with Crippen LogP contribution in [0, 0.1) is 0 Å². The zero-order valence-corrected chi connectivity index (χ0v) is 10.6. The lowest BCUT2D eigenvalue weighted by atomic mass is 10.0. The van der Waals surface area contributed by atoms with E-state index in [4.69, 9.17) is 5.73 Å². The standard InChI is InChI=1S/C16H15N3/c17-16-15(18-14-6-1-2-9-19(14)16)13-8-7-11-4-3-5-12(11)10-13/h1-2,6-10H,3-5,17H2. The summed E-state index contributed by atoms with van der Waals surface area (Å²) in [4.78, 5) is 4.65. The molecule has 1 aliphatic rings. The van der Waals surface area contributed by atoms with Crippen LogP contribution in [0.25, 0.3) is 16.9 Å². The average molecular weight is 249 g/mol. The smallest absolute Gasteiger partial charge is 0.139 e. The third kappa shape index (κ3) is 1.55. The SMILES string of the molecule is Nc1c(-c2ccc3c(c2)CCC3)nc2ccccn12. The Morgan fingerprint density at radius 2 is 1.95 bits per heavy atom. The molecule has 0 saturated carbocycles. The van der Waals surface area contributed by atoms with Crippen LogP contribution >= 0.6 is 0 Å². The maximum absolute atomic E-state index is 6.22. The summed E-state index contributed by atoms with van der Waals surface area (Å²) in [6, 6.07) is 12.5. The van der Waals surface area contributed by atoms with E-state index in [1.54, 1.807) is 0 Å². The molecule has 2 N–H and O–H groups in total. The highest BCUT2D eigenvalue weighted by Crippen LogP contribution is 2.31. The number of anilines is 1. The number of benzene rings is 1. The predicted octanol–water partition coefficient (Wildman–Crippen LogP) is 3.07. The molecular formula is C16H15N3. The van der Waals surface area contributed by atoms with Crippen molar-refractivity contribution in [1.82, 2.24) is 9.38 Å². The maximum Gasteiger partial charge on any atom is 0.139 e. The van der Waals surface area contributed by atoms with E-state index in [1.165, 1.54) is 30.4 Å². The van der Waals surface area contributed by atoms with Gasteiger partial charge in [0, 0.05) is 11.8 Å². The molecule has 0 unspecified atom stereocenters. The first-order chi connectivity index (χ1) is 9.33. The van der Waals surface area contributed by atoms with Gasteiger partial charge in [-0.1, -0.05) is 18.2 Å². The van der Waals surface area contributed by atoms with E-state index in [9.17, 15) is 0 Å². The number of imidazole rings is 1. The van der Waals surface area contributed by atoms with Crippen molar-refractivity contribution in [2.45, 2.75) is 19.3 Å². The highest BCUT2D eigenvalue weighted by atomic mass is 15.1. The van der Waals surface area contributed by atoms with Crippen molar-refractivity contribution in [2.75, 3.05) is 5.73 Å². The van der Waals surface area contributed by atoms with E-state index in [0.717, 1.165) is 16.9 Å². The quantitative estimate of drug-likeness (QED) is 0.720. The summed E-state index contributed by atoms with van der Waals surface area (Å²) in [5, 5.41) is 0. The summed E-state index contributed by atoms with van der Waals surface area (Å²) >= 11 is 0. The van der Waals surface area contributed by atoms with Crippen molar-refractivity contribution < 1.29 is 0 Å². The van der Waals surface area contributed by atoms with Crippen molar-refractivity contribution >= 4 is 11.5 Å². The van der Waals surface area contributed by atoms with Gasteiger partial charge in [0.1, 0.15) is 17.2 Å². The summed E-state index contributed by atoms with van der Waals surface area (Å²) in [5.41, 5.74) is 12.1. The van der Waals surface area contributed by atoms with Crippen LogP contribution in [0.5, 0.6) is 0 Å². The van der Waals surface area contributed by atoms with Gasteiger partial charge in [0.05, 0.1) is 0 Å². The number of nitrogens with zero attached hydrogens (tertiary/aromatic N) is 2. The monoisotopic (exact) mass is 249 g/mol. The molecule has 94 valence electrons. The highest BCUT2D eigenvalue weighted by molar-refractivity contribution is 5.75. The molecule has 3 nitrogen and oxygen atoms in total. The Bertz CT molecular complexity index is 771. The van der Waals surface area contributed by atoms with Crippen LogP contribution in [0.15, 0.2) is 42.6 Å². The van der Waals surface area contributed by atoms with Gasteiger partial charge >= 0.3 is 0 Å². The summed E-state index contributed by atoms with van der Waals surface area (Å²) in [7, 11) is 0. The zero-order valence-electron chi connectivity index (χ0n) is 10.6. The number of nitrogens with two attached hydrogens (primary N) is 1. The first-order valence-corrected chi connectivity index (χ1v) is 6.68. The van der Waals surface area contributed by atoms with E-state index >= 15 is 0 Å². The first-order valence-electron chi connectivity index (χ1n) is 6.68. The molecule has 0 saturated heterocycles. The lowest BCUT2D eigenvalue weighted by molar-refractivity contribution is 0.912. The Hall–Kier alpha value is -2.29. The minimum absolute atomic E-state index is 0.716. The number of aryl methyl sites for hydroxylation is 2. The van der Waals surface area contributed by atoms with Gasteiger partial charge in [-0.25, -0.2) is 4.98 Å². The molecule has 4 rings (SSSR count). The average Bonchev–Trinajstić information content (AvgIpc) is 3.03. The van der Waals surface area contributed by atoms with E-state index in [-0.39, 0.29) is 0 Å². The number of pyridine rings is 1. The van der Waals surface area contributed by atoms with Gasteiger partial charge in [-0.15, -0.1) is 0 Å². The molecule has 0 aliphatic heterocycles. The van der Waals surface area contributed by atoms with Crippen LogP contribution in [0.2, 0.25) is 0 Å². The predicted molar refractivity (Wildman–Crippen MR) is 77.1 cm³/mol. The van der Waals surface area contributed by atoms with E-state index in [1.807, 2.05) is 28.8 Å². The van der Waals surface area contributed by atoms with Crippen LogP contribution in [0.1, 0.15) is 17.5 Å². The van der Waals surface area contributed by atoms with Crippen LogP contribution in [0.3, 0.4) is 0 Å². The molecule has 0 radical (unpaired) electrons. The topological polar surface area (TPSA) is 43.3 Å². The van der Waals surface area contributed by atoms with Crippen molar-refractivity contribution in [3.63, 3.8) is 0 Å². The van der Waals surface area contributed by atoms with Crippen molar-refractivity contribution in [3.05, 3.63) is 53.7 Å². The van der Waals surface area contributed by atoms with Gasteiger partial charge in [-0.3, -0.25) is 4.40 Å². The lowest BCUT2D eigenvalue weighted by Crippen LogP contribution is -1.94. The summed E-state index contributed by atoms with van der Waals surface area (Å²) in [5.74, 6) is 0.716. The maximum atomic E-state index is 6.22. The Morgan fingerprint density at radius 3 is 2.84 bits per heavy atom. The largest absolute Gasteiger partial charge is 0.383 e. The molecule has 0 bridgehead atoms. The second kappa shape index (κ2) is 3.85. The molecular weight excluding hydrogens is 234 g/mol. The summed E-state index contributed by atoms with van der Waals surface area (Å²) in [6.07, 6.45) is 5.60. The van der Waals surface area contributed by atoms with Gasteiger partial charge in [0.2, 0.25) is 0 Å². The molecule has 0 fully saturated rings. The Kier molecular flexibility index (Phi) is 2.15. The fourth-order valence-corrected chi connectivity index (χ4v) is 2.95. The molecule has 3 aromatic rings. The van der Waals surface area contributed by atoms with Crippen molar-refractivity contribution in [3.8, 4) is 11.3 Å². The number of hydrogen-bond donors (Lipinski definition) is 1. The van der Waals surface area contributed by atoms with Crippen molar-refractivity contribution in [1.29, 1.82) is 0 Å². The van der Waals surface area contributed by atoms with Gasteiger partial charge < -0.3 is 5.73 Å². The van der Waals surface area contributed by atoms with Crippen LogP contribution in [0.4, 0.5) is 5.82 Å². The molecule has 1 aliphatic carbocycles. The number of nitrogen functional groups attached to an aromatic ring is 1. The number of rotatable bonds is 1. The molecule has 2 heterocycles. The fourth-order valence-electron chi connectivity index (χ4n) is 2.95. The van der Waals surface area contributed by atoms with Gasteiger partial charge in [0.15, 0.2) is 0 Å². The zero-order chi connectivity index (χ0) is 12.8. The number of fused-ring (bicyclic) bond motifs is 2. The highest BCUT2D eigenvalue weighted by Gasteiger charge is 2.15. The first kappa shape index (κ1) is 10.6. The third-order valence-electron chi connectivity index (χ3n) is 3.94. The van der Waals surface area contributed by atoms with Crippen molar-refractivity contribution in [2.24, 2.45) is 0 Å². The summed E-state index contributed by atoms with van der Waals surface area (Å²) in [6.45, 7) is 0. The van der Waals surface area contributed by atoms with E-state index in [0.29, 0.717) is 5.82 Å². The van der Waals surface area contributed by atoms with Gasteiger partial charge in [-0.2, -0.15) is 0 Å². The minimum Gasteiger partial charge on any atom is -0.383 e. The number of hydrogen-bond acceptors (Lipinski definition) is 2. The molecule has 2 aromatic heterocycles. The lowest BCUT2D eigenvalue weighted by Gasteiger charge is -2.03. The second-order valence-electron chi connectivity index (χ2n) is 5.11. The van der Waals surface area contributed by atoms with Crippen LogP contribution in [-0.4, -0.2) is 9.38 Å². The normalized spacial score (nSPS) is 13.9. The molecule has 19 heavy (non-hydrogen) atoms. The van der Waals surface area contributed by atoms with Gasteiger partial charge in [0.25, 0.3) is 0 Å².